The number of carbonyl (C=O) groups excluding carboxylic acids is 1. The van der Waals surface area contributed by atoms with Crippen LogP contribution >= 0.6 is 0 Å². The number of hydrogen-bond acceptors (Lipinski definition) is 5. The number of fused-ring (bicyclic) bond motifs is 1. The van der Waals surface area contributed by atoms with E-state index in [0.29, 0.717) is 23.6 Å². The first-order valence-electron chi connectivity index (χ1n) is 11.9. The lowest BCUT2D eigenvalue weighted by molar-refractivity contribution is -0.139. The van der Waals surface area contributed by atoms with Crippen molar-refractivity contribution in [1.82, 2.24) is 15.2 Å². The highest BCUT2D eigenvalue weighted by Gasteiger charge is 2.22. The van der Waals surface area contributed by atoms with Crippen LogP contribution in [-0.4, -0.2) is 60.3 Å². The number of amides is 2. The second-order valence-electron chi connectivity index (χ2n) is 8.44. The molecule has 8 heteroatoms. The first-order valence-corrected chi connectivity index (χ1v) is 11.9. The van der Waals surface area contributed by atoms with E-state index in [2.05, 4.69) is 11.9 Å². The van der Waals surface area contributed by atoms with Gasteiger partial charge in [-0.3, -0.25) is 0 Å². The summed E-state index contributed by atoms with van der Waals surface area (Å²) in [6, 6.07) is 15.6. The fourth-order valence-electron chi connectivity index (χ4n) is 3.72. The third-order valence-electron chi connectivity index (χ3n) is 5.81. The molecule has 2 amide bonds. The van der Waals surface area contributed by atoms with Gasteiger partial charge in [0.1, 0.15) is 17.5 Å². The van der Waals surface area contributed by atoms with Gasteiger partial charge >= 0.3 is 12.0 Å². The molecule has 1 unspecified atom stereocenters. The highest BCUT2D eigenvalue weighted by atomic mass is 16.5. The van der Waals surface area contributed by atoms with Gasteiger partial charge in [-0.1, -0.05) is 36.4 Å². The van der Waals surface area contributed by atoms with E-state index in [-0.39, 0.29) is 13.0 Å². The smallest absolute Gasteiger partial charge is 0.326 e. The summed E-state index contributed by atoms with van der Waals surface area (Å²) >= 11 is 0. The van der Waals surface area contributed by atoms with Crippen LogP contribution in [0.15, 0.2) is 67.3 Å². The molecule has 1 aromatic heterocycles. The molecule has 0 aliphatic carbocycles. The number of nitrogens with one attached hydrogen (secondary N) is 1. The Morgan fingerprint density at radius 1 is 1.17 bits per heavy atom. The van der Waals surface area contributed by atoms with Crippen LogP contribution in [-0.2, 0) is 4.79 Å². The van der Waals surface area contributed by atoms with Crippen LogP contribution in [0.2, 0.25) is 0 Å². The number of unbranched alkanes of at least 4 members (excludes halogenated alkanes) is 2. The second kappa shape index (κ2) is 13.1. The maximum Gasteiger partial charge on any atom is 0.326 e. The van der Waals surface area contributed by atoms with Gasteiger partial charge in [0.05, 0.1) is 24.9 Å². The highest BCUT2D eigenvalue weighted by molar-refractivity contribution is 5.89. The van der Waals surface area contributed by atoms with Crippen molar-refractivity contribution in [3.63, 3.8) is 0 Å². The monoisotopic (exact) mass is 491 g/mol. The molecule has 2 aromatic carbocycles. The van der Waals surface area contributed by atoms with Crippen LogP contribution in [0.4, 0.5) is 4.79 Å². The number of rotatable bonds is 13. The normalized spacial score (nSPS) is 11.5. The van der Waals surface area contributed by atoms with Gasteiger partial charge in [0.2, 0.25) is 0 Å². The number of nitrogens with zero attached hydrogens (tertiary/aromatic N) is 2. The minimum Gasteiger partial charge on any atom is -0.497 e. The lowest BCUT2D eigenvalue weighted by Gasteiger charge is -2.21. The minimum atomic E-state index is -1.11. The van der Waals surface area contributed by atoms with E-state index in [1.54, 1.807) is 14.2 Å². The Morgan fingerprint density at radius 2 is 1.94 bits per heavy atom. The lowest BCUT2D eigenvalue weighted by Crippen LogP contribution is -2.47. The molecule has 1 heterocycles. The van der Waals surface area contributed by atoms with Gasteiger partial charge in [-0.25, -0.2) is 14.6 Å². The van der Waals surface area contributed by atoms with Crippen molar-refractivity contribution in [3.8, 4) is 22.8 Å². The number of hydrogen-bond donors (Lipinski definition) is 2. The standard InChI is InChI=1S/C28H33N3O5/c1-4-5-6-10-16-31(2)28(34)30-23(27(32)33)15-17-36-26-19-24(20-11-8-7-9-12-20)29-25-18-21(35-3)13-14-22(25)26/h4,7-9,11-14,18-19,23H,1,5-6,10,15-17H2,2-3H3,(H,30,34)(H,32,33). The second-order valence-corrected chi connectivity index (χ2v) is 8.44. The van der Waals surface area contributed by atoms with Crippen molar-refractivity contribution in [2.75, 3.05) is 27.3 Å². The minimum absolute atomic E-state index is 0.0969. The summed E-state index contributed by atoms with van der Waals surface area (Å²) < 4.78 is 11.4. The molecule has 3 rings (SSSR count). The molecule has 190 valence electrons. The summed E-state index contributed by atoms with van der Waals surface area (Å²) in [5, 5.41) is 13.0. The molecule has 0 saturated carbocycles. The summed E-state index contributed by atoms with van der Waals surface area (Å²) in [6.07, 6.45) is 4.57. The molecule has 0 saturated heterocycles. The molecule has 0 fully saturated rings. The third-order valence-corrected chi connectivity index (χ3v) is 5.81. The SMILES string of the molecule is C=CCCCCN(C)C(=O)NC(CCOc1cc(-c2ccccc2)nc2cc(OC)ccc12)C(=O)O. The number of carboxylic acids is 1. The van der Waals surface area contributed by atoms with Crippen LogP contribution in [0.1, 0.15) is 25.7 Å². The van der Waals surface area contributed by atoms with Crippen molar-refractivity contribution >= 4 is 22.9 Å². The van der Waals surface area contributed by atoms with Gasteiger partial charge in [-0.2, -0.15) is 0 Å². The predicted octanol–water partition coefficient (Wildman–Crippen LogP) is 5.13. The number of pyridine rings is 1. The van der Waals surface area contributed by atoms with E-state index in [1.165, 1.54) is 4.90 Å². The van der Waals surface area contributed by atoms with Gasteiger partial charge in [0.15, 0.2) is 0 Å². The van der Waals surface area contributed by atoms with Crippen molar-refractivity contribution in [1.29, 1.82) is 0 Å². The Hall–Kier alpha value is -4.07. The first-order chi connectivity index (χ1) is 17.4. The van der Waals surface area contributed by atoms with Crippen molar-refractivity contribution in [2.45, 2.75) is 31.7 Å². The van der Waals surface area contributed by atoms with Crippen LogP contribution in [0.5, 0.6) is 11.5 Å². The Bertz CT molecular complexity index is 1180. The number of carbonyl (C=O) groups is 2. The number of benzene rings is 2. The molecule has 8 nitrogen and oxygen atoms in total. The summed E-state index contributed by atoms with van der Waals surface area (Å²) in [4.78, 5) is 30.5. The maximum atomic E-state index is 12.5. The average molecular weight is 492 g/mol. The van der Waals surface area contributed by atoms with Crippen molar-refractivity contribution in [3.05, 3.63) is 67.3 Å². The number of carboxylic acid groups (broad SMARTS) is 1. The van der Waals surface area contributed by atoms with Gasteiger partial charge in [0, 0.05) is 43.1 Å². The third kappa shape index (κ3) is 7.21. The Kier molecular flexibility index (Phi) is 9.68. The Balaban J connectivity index is 1.71. The molecule has 0 radical (unpaired) electrons. The molecule has 0 bridgehead atoms. The van der Waals surface area contributed by atoms with Crippen LogP contribution in [0.3, 0.4) is 0 Å². The summed E-state index contributed by atoms with van der Waals surface area (Å²) in [7, 11) is 3.25. The Labute approximate surface area is 211 Å². The molecule has 0 spiro atoms. The highest BCUT2D eigenvalue weighted by Crippen LogP contribution is 2.32. The molecule has 3 aromatic rings. The van der Waals surface area contributed by atoms with Gasteiger partial charge in [-0.05, 0) is 31.4 Å². The van der Waals surface area contributed by atoms with Crippen molar-refractivity contribution < 1.29 is 24.2 Å². The van der Waals surface area contributed by atoms with Crippen LogP contribution in [0, 0.1) is 0 Å². The molecule has 36 heavy (non-hydrogen) atoms. The largest absolute Gasteiger partial charge is 0.497 e. The van der Waals surface area contributed by atoms with Gasteiger partial charge in [-0.15, -0.1) is 6.58 Å². The number of methoxy groups -OCH3 is 1. The van der Waals surface area contributed by atoms with Crippen LogP contribution < -0.4 is 14.8 Å². The molecule has 2 N–H and O–H groups in total. The number of ether oxygens (including phenoxy) is 2. The fourth-order valence-corrected chi connectivity index (χ4v) is 3.72. The first kappa shape index (κ1) is 26.5. The van der Waals surface area contributed by atoms with Gasteiger partial charge in [0.25, 0.3) is 0 Å². The van der Waals surface area contributed by atoms with Crippen molar-refractivity contribution in [2.24, 2.45) is 0 Å². The van der Waals surface area contributed by atoms with E-state index in [9.17, 15) is 14.7 Å². The fraction of sp³-hybridized carbons (Fsp3) is 0.321. The molecule has 0 aliphatic rings. The van der Waals surface area contributed by atoms with E-state index in [0.717, 1.165) is 35.9 Å². The van der Waals surface area contributed by atoms with Gasteiger partial charge < -0.3 is 24.8 Å². The van der Waals surface area contributed by atoms with E-state index in [1.807, 2.05) is 60.7 Å². The maximum absolute atomic E-state index is 12.5. The predicted molar refractivity (Wildman–Crippen MR) is 140 cm³/mol. The molecular weight excluding hydrogens is 458 g/mol. The lowest BCUT2D eigenvalue weighted by atomic mass is 10.1. The summed E-state index contributed by atoms with van der Waals surface area (Å²) in [5.41, 5.74) is 2.36. The number of aliphatic carboxylic acids is 1. The zero-order valence-electron chi connectivity index (χ0n) is 20.8. The molecule has 1 atom stereocenters. The number of allylic oxidation sites excluding steroid dienone is 1. The van der Waals surface area contributed by atoms with Crippen LogP contribution in [0.25, 0.3) is 22.2 Å². The molecule has 0 aliphatic heterocycles. The summed E-state index contributed by atoms with van der Waals surface area (Å²) in [5.74, 6) is 0.144. The van der Waals surface area contributed by atoms with E-state index >= 15 is 0 Å². The number of urea groups is 1. The van der Waals surface area contributed by atoms with E-state index in [4.69, 9.17) is 14.5 Å². The number of aromatic nitrogens is 1. The zero-order valence-corrected chi connectivity index (χ0v) is 20.8. The van der Waals surface area contributed by atoms with E-state index < -0.39 is 18.0 Å². The summed E-state index contributed by atoms with van der Waals surface area (Å²) in [6.45, 7) is 4.32. The molecular formula is C28H33N3O5. The quantitative estimate of drug-likeness (QED) is 0.254. The zero-order chi connectivity index (χ0) is 25.9. The Morgan fingerprint density at radius 3 is 2.64 bits per heavy atom. The topological polar surface area (TPSA) is 101 Å². The average Bonchev–Trinajstić information content (AvgIpc) is 2.90.